The van der Waals surface area contributed by atoms with Crippen molar-refractivity contribution in [2.45, 2.75) is 6.48 Å². The molecular weight excluding hydrogens is 168 g/mol. The van der Waals surface area contributed by atoms with Gasteiger partial charge in [-0.25, -0.2) is 0 Å². The molecule has 0 fully saturated rings. The van der Waals surface area contributed by atoms with E-state index in [1.54, 1.807) is 6.61 Å². The van der Waals surface area contributed by atoms with Crippen molar-refractivity contribution in [1.29, 1.82) is 0 Å². The van der Waals surface area contributed by atoms with Gasteiger partial charge in [0.1, 0.15) is 6.61 Å². The maximum atomic E-state index is 5.16. The summed E-state index contributed by atoms with van der Waals surface area (Å²) in [6.07, 6.45) is 0. The molecule has 1 aromatic rings. The highest BCUT2D eigenvalue weighted by atomic mass is 16.8. The standard InChI is InChI=1S/C10H13O3/c1-11-10(12-2)13-8-9-6-4-3-5-7-9/h3-8,10H,1-2H3. The van der Waals surface area contributed by atoms with Gasteiger partial charge in [-0.1, -0.05) is 30.3 Å². The zero-order valence-electron chi connectivity index (χ0n) is 7.77. The number of methoxy groups -OCH3 is 2. The monoisotopic (exact) mass is 181 g/mol. The second-order valence-corrected chi connectivity index (χ2v) is 2.42. The normalized spacial score (nSPS) is 10.7. The highest BCUT2D eigenvalue weighted by Gasteiger charge is 2.04. The van der Waals surface area contributed by atoms with E-state index in [1.807, 2.05) is 30.3 Å². The zero-order chi connectivity index (χ0) is 9.52. The molecule has 0 atom stereocenters. The van der Waals surface area contributed by atoms with Gasteiger partial charge < -0.3 is 14.2 Å². The third-order valence-corrected chi connectivity index (χ3v) is 1.50. The van der Waals surface area contributed by atoms with Crippen LogP contribution < -0.4 is 0 Å². The summed E-state index contributed by atoms with van der Waals surface area (Å²) in [5.74, 6) is 0. The molecule has 0 aliphatic carbocycles. The van der Waals surface area contributed by atoms with E-state index < -0.39 is 6.48 Å². The van der Waals surface area contributed by atoms with Gasteiger partial charge >= 0.3 is 0 Å². The van der Waals surface area contributed by atoms with Crippen LogP contribution >= 0.6 is 0 Å². The van der Waals surface area contributed by atoms with E-state index in [0.717, 1.165) is 5.56 Å². The Morgan fingerprint density at radius 2 is 1.69 bits per heavy atom. The predicted molar refractivity (Wildman–Crippen MR) is 48.7 cm³/mol. The van der Waals surface area contributed by atoms with Crippen LogP contribution in [0.4, 0.5) is 0 Å². The summed E-state index contributed by atoms with van der Waals surface area (Å²) in [4.78, 5) is 0. The van der Waals surface area contributed by atoms with Crippen LogP contribution in [0.3, 0.4) is 0 Å². The minimum absolute atomic E-state index is 0.639. The number of hydrogen-bond acceptors (Lipinski definition) is 3. The summed E-state index contributed by atoms with van der Waals surface area (Å²) < 4.78 is 14.8. The quantitative estimate of drug-likeness (QED) is 0.648. The van der Waals surface area contributed by atoms with Gasteiger partial charge in [-0.3, -0.25) is 0 Å². The average molecular weight is 181 g/mol. The third kappa shape index (κ3) is 3.55. The molecule has 0 aromatic heterocycles. The van der Waals surface area contributed by atoms with Gasteiger partial charge in [-0.2, -0.15) is 0 Å². The molecule has 0 unspecified atom stereocenters. The van der Waals surface area contributed by atoms with Crippen molar-refractivity contribution in [3.63, 3.8) is 0 Å². The largest absolute Gasteiger partial charge is 0.333 e. The smallest absolute Gasteiger partial charge is 0.271 e. The Kier molecular flexibility index (Phi) is 4.46. The molecule has 1 rings (SSSR count). The summed E-state index contributed by atoms with van der Waals surface area (Å²) in [7, 11) is 3.04. The van der Waals surface area contributed by atoms with Crippen molar-refractivity contribution in [2.75, 3.05) is 14.2 Å². The molecule has 0 spiro atoms. The van der Waals surface area contributed by atoms with Gasteiger partial charge in [-0.15, -0.1) is 0 Å². The molecule has 3 nitrogen and oxygen atoms in total. The van der Waals surface area contributed by atoms with Crippen molar-refractivity contribution >= 4 is 0 Å². The molecule has 0 N–H and O–H groups in total. The molecule has 0 aliphatic heterocycles. The fourth-order valence-corrected chi connectivity index (χ4v) is 0.873. The van der Waals surface area contributed by atoms with Crippen LogP contribution in [0.2, 0.25) is 0 Å². The fourth-order valence-electron chi connectivity index (χ4n) is 0.873. The van der Waals surface area contributed by atoms with Gasteiger partial charge in [0, 0.05) is 14.2 Å². The van der Waals surface area contributed by atoms with Crippen LogP contribution in [0.5, 0.6) is 0 Å². The first-order valence-electron chi connectivity index (χ1n) is 3.96. The summed E-state index contributed by atoms with van der Waals surface area (Å²) in [5, 5.41) is 0. The lowest BCUT2D eigenvalue weighted by Gasteiger charge is -2.12. The van der Waals surface area contributed by atoms with E-state index in [0.29, 0.717) is 0 Å². The highest BCUT2D eigenvalue weighted by molar-refractivity contribution is 5.19. The van der Waals surface area contributed by atoms with Crippen LogP contribution in [-0.2, 0) is 14.2 Å². The van der Waals surface area contributed by atoms with E-state index in [4.69, 9.17) is 14.2 Å². The molecule has 0 amide bonds. The summed E-state index contributed by atoms with van der Waals surface area (Å²) in [6.45, 7) is 0.956. The van der Waals surface area contributed by atoms with Crippen molar-refractivity contribution < 1.29 is 14.2 Å². The summed E-state index contributed by atoms with van der Waals surface area (Å²) in [6, 6.07) is 9.68. The number of hydrogen-bond donors (Lipinski definition) is 0. The van der Waals surface area contributed by atoms with Crippen molar-refractivity contribution in [3.8, 4) is 0 Å². The maximum absolute atomic E-state index is 5.16. The zero-order valence-corrected chi connectivity index (χ0v) is 7.77. The Balaban J connectivity index is 2.34. The first kappa shape index (κ1) is 10.2. The molecule has 3 heteroatoms. The molecule has 0 bridgehead atoms. The molecule has 1 aromatic carbocycles. The molecular formula is C10H13O3. The summed E-state index contributed by atoms with van der Waals surface area (Å²) >= 11 is 0. The van der Waals surface area contributed by atoms with Crippen molar-refractivity contribution in [2.24, 2.45) is 0 Å². The second-order valence-electron chi connectivity index (χ2n) is 2.42. The first-order chi connectivity index (χ1) is 6.36. The van der Waals surface area contributed by atoms with E-state index >= 15 is 0 Å². The Morgan fingerprint density at radius 1 is 1.08 bits per heavy atom. The van der Waals surface area contributed by atoms with E-state index in [2.05, 4.69) is 0 Å². The molecule has 0 heterocycles. The average Bonchev–Trinajstić information content (AvgIpc) is 2.21. The first-order valence-corrected chi connectivity index (χ1v) is 3.96. The lowest BCUT2D eigenvalue weighted by molar-refractivity contribution is -0.247. The lowest BCUT2D eigenvalue weighted by Crippen LogP contribution is -2.15. The Morgan fingerprint density at radius 3 is 2.23 bits per heavy atom. The fraction of sp³-hybridized carbons (Fsp3) is 0.300. The van der Waals surface area contributed by atoms with Crippen LogP contribution in [0, 0.1) is 6.61 Å². The Bertz CT molecular complexity index is 219. The number of benzene rings is 1. The minimum atomic E-state index is -0.639. The summed E-state index contributed by atoms with van der Waals surface area (Å²) in [5.41, 5.74) is 0.974. The highest BCUT2D eigenvalue weighted by Crippen LogP contribution is 2.05. The minimum Gasteiger partial charge on any atom is -0.333 e. The predicted octanol–water partition coefficient (Wildman–Crippen LogP) is 1.79. The Hall–Kier alpha value is -0.900. The van der Waals surface area contributed by atoms with Gasteiger partial charge in [0.05, 0.1) is 0 Å². The SMILES string of the molecule is COC(OC)O[CH]c1ccccc1. The van der Waals surface area contributed by atoms with E-state index in [-0.39, 0.29) is 0 Å². The molecule has 1 radical (unpaired) electrons. The van der Waals surface area contributed by atoms with Crippen LogP contribution in [0.1, 0.15) is 5.56 Å². The lowest BCUT2D eigenvalue weighted by atomic mass is 10.2. The van der Waals surface area contributed by atoms with Gasteiger partial charge in [0.25, 0.3) is 6.48 Å². The molecule has 71 valence electrons. The molecule has 13 heavy (non-hydrogen) atoms. The maximum Gasteiger partial charge on any atom is 0.271 e. The number of rotatable bonds is 5. The van der Waals surface area contributed by atoms with Crippen molar-refractivity contribution in [3.05, 3.63) is 42.5 Å². The topological polar surface area (TPSA) is 27.7 Å². The molecule has 0 aliphatic rings. The van der Waals surface area contributed by atoms with Gasteiger partial charge in [-0.05, 0) is 5.56 Å². The Labute approximate surface area is 78.2 Å². The van der Waals surface area contributed by atoms with E-state index in [9.17, 15) is 0 Å². The molecule has 0 saturated heterocycles. The van der Waals surface area contributed by atoms with Gasteiger partial charge in [0.2, 0.25) is 0 Å². The number of ether oxygens (including phenoxy) is 3. The van der Waals surface area contributed by atoms with Crippen molar-refractivity contribution in [1.82, 2.24) is 0 Å². The third-order valence-electron chi connectivity index (χ3n) is 1.50. The van der Waals surface area contributed by atoms with Crippen LogP contribution in [0.25, 0.3) is 0 Å². The van der Waals surface area contributed by atoms with Crippen LogP contribution in [-0.4, -0.2) is 20.7 Å². The second kappa shape index (κ2) is 5.70. The van der Waals surface area contributed by atoms with Gasteiger partial charge in [0.15, 0.2) is 0 Å². The van der Waals surface area contributed by atoms with E-state index in [1.165, 1.54) is 14.2 Å². The van der Waals surface area contributed by atoms with Crippen LogP contribution in [0.15, 0.2) is 30.3 Å². The molecule has 0 saturated carbocycles.